The number of anilines is 1. The lowest BCUT2D eigenvalue weighted by Gasteiger charge is -2.26. The van der Waals surface area contributed by atoms with E-state index in [1.165, 1.54) is 0 Å². The lowest BCUT2D eigenvalue weighted by molar-refractivity contribution is -0.117. The molecule has 4 rings (SSSR count). The van der Waals surface area contributed by atoms with E-state index in [0.717, 1.165) is 52.9 Å². The van der Waals surface area contributed by atoms with Crippen LogP contribution in [-0.2, 0) is 4.79 Å². The fourth-order valence-corrected chi connectivity index (χ4v) is 4.89. The molecule has 1 saturated heterocycles. The van der Waals surface area contributed by atoms with Crippen LogP contribution in [0.3, 0.4) is 0 Å². The van der Waals surface area contributed by atoms with Gasteiger partial charge in [-0.3, -0.25) is 9.59 Å². The van der Waals surface area contributed by atoms with Crippen molar-refractivity contribution in [1.82, 2.24) is 4.90 Å². The van der Waals surface area contributed by atoms with Gasteiger partial charge in [0.25, 0.3) is 5.91 Å². The Kier molecular flexibility index (Phi) is 5.65. The number of thioether (sulfide) groups is 1. The van der Waals surface area contributed by atoms with Crippen LogP contribution in [0, 0.1) is 12.8 Å². The van der Waals surface area contributed by atoms with Crippen molar-refractivity contribution < 1.29 is 9.59 Å². The average molecular weight is 415 g/mol. The number of benzene rings is 2. The number of nitrogens with one attached hydrogen (secondary N) is 1. The molecule has 2 fully saturated rings. The summed E-state index contributed by atoms with van der Waals surface area (Å²) in [5, 5.41) is 3.75. The van der Waals surface area contributed by atoms with Crippen LogP contribution in [0.5, 0.6) is 0 Å². The summed E-state index contributed by atoms with van der Waals surface area (Å²) in [4.78, 5) is 27.2. The Morgan fingerprint density at radius 1 is 1.14 bits per heavy atom. The van der Waals surface area contributed by atoms with Crippen molar-refractivity contribution in [1.29, 1.82) is 0 Å². The van der Waals surface area contributed by atoms with Crippen molar-refractivity contribution in [3.05, 3.63) is 64.2 Å². The molecular formula is C22H23ClN2O2S. The lowest BCUT2D eigenvalue weighted by atomic mass is 10.1. The molecule has 2 atom stereocenters. The van der Waals surface area contributed by atoms with Gasteiger partial charge in [-0.05, 0) is 54.7 Å². The summed E-state index contributed by atoms with van der Waals surface area (Å²) in [5.74, 6) is 2.21. The topological polar surface area (TPSA) is 49.4 Å². The Bertz CT molecular complexity index is 911. The van der Waals surface area contributed by atoms with Crippen LogP contribution in [0.2, 0.25) is 5.02 Å². The van der Waals surface area contributed by atoms with Crippen LogP contribution in [0.25, 0.3) is 0 Å². The molecule has 0 radical (unpaired) electrons. The fraction of sp³-hybridized carbons (Fsp3) is 0.364. The van der Waals surface area contributed by atoms with Gasteiger partial charge in [0, 0.05) is 46.8 Å². The minimum absolute atomic E-state index is 0.0140. The van der Waals surface area contributed by atoms with Crippen LogP contribution < -0.4 is 5.32 Å². The predicted octanol–water partition coefficient (Wildman–Crippen LogP) is 4.58. The predicted molar refractivity (Wildman–Crippen MR) is 115 cm³/mol. The number of rotatable bonds is 4. The zero-order valence-corrected chi connectivity index (χ0v) is 17.4. The van der Waals surface area contributed by atoms with Crippen molar-refractivity contribution in [2.75, 3.05) is 29.9 Å². The first-order valence-electron chi connectivity index (χ1n) is 9.57. The lowest BCUT2D eigenvalue weighted by Crippen LogP contribution is -2.37. The second-order valence-electron chi connectivity index (χ2n) is 7.39. The molecule has 0 bridgehead atoms. The molecule has 1 saturated carbocycles. The molecular weight excluding hydrogens is 392 g/mol. The van der Waals surface area contributed by atoms with Crippen LogP contribution >= 0.6 is 23.4 Å². The van der Waals surface area contributed by atoms with Crippen LogP contribution in [-0.4, -0.2) is 41.3 Å². The molecule has 2 aromatic rings. The second kappa shape index (κ2) is 8.18. The Morgan fingerprint density at radius 2 is 1.89 bits per heavy atom. The SMILES string of the molecule is Cc1cc(C(=O)N2CCSCC2)ccc1NC(=O)C1CC1c1ccccc1Cl. The maximum Gasteiger partial charge on any atom is 0.253 e. The standard InChI is InChI=1S/C22H23ClN2O2S/c1-14-12-15(22(27)25-8-10-28-11-9-25)6-7-20(14)24-21(26)18-13-17(18)16-4-2-3-5-19(16)23/h2-7,12,17-18H,8-11,13H2,1H3,(H,24,26). The highest BCUT2D eigenvalue weighted by Crippen LogP contribution is 2.50. The van der Waals surface area contributed by atoms with Gasteiger partial charge >= 0.3 is 0 Å². The minimum atomic E-state index is -0.0496. The van der Waals surface area contributed by atoms with Gasteiger partial charge in [-0.1, -0.05) is 29.8 Å². The first-order valence-corrected chi connectivity index (χ1v) is 11.1. The summed E-state index contributed by atoms with van der Waals surface area (Å²) in [6.45, 7) is 3.52. The van der Waals surface area contributed by atoms with Gasteiger partial charge in [0.05, 0.1) is 0 Å². The average Bonchev–Trinajstić information content (AvgIpc) is 3.51. The quantitative estimate of drug-likeness (QED) is 0.796. The van der Waals surface area contributed by atoms with Crippen LogP contribution in [0.15, 0.2) is 42.5 Å². The third-order valence-corrected chi connectivity index (χ3v) is 6.75. The molecule has 28 heavy (non-hydrogen) atoms. The summed E-state index contributed by atoms with van der Waals surface area (Å²) in [6.07, 6.45) is 0.818. The fourth-order valence-electron chi connectivity index (χ4n) is 3.72. The molecule has 146 valence electrons. The number of amides is 2. The number of carbonyl (C=O) groups excluding carboxylic acids is 2. The van der Waals surface area contributed by atoms with E-state index in [9.17, 15) is 9.59 Å². The van der Waals surface area contributed by atoms with Crippen molar-refractivity contribution >= 4 is 40.9 Å². The summed E-state index contributed by atoms with van der Waals surface area (Å²) in [7, 11) is 0. The zero-order chi connectivity index (χ0) is 19.7. The van der Waals surface area contributed by atoms with Gasteiger partial charge in [-0.2, -0.15) is 11.8 Å². The first-order chi connectivity index (χ1) is 13.5. The number of nitrogens with zero attached hydrogens (tertiary/aromatic N) is 1. The highest BCUT2D eigenvalue weighted by Gasteiger charge is 2.44. The van der Waals surface area contributed by atoms with Gasteiger partial charge < -0.3 is 10.2 Å². The molecule has 1 aliphatic heterocycles. The summed E-state index contributed by atoms with van der Waals surface area (Å²) >= 11 is 8.14. The van der Waals surface area contributed by atoms with E-state index in [0.29, 0.717) is 5.56 Å². The summed E-state index contributed by atoms with van der Waals surface area (Å²) in [6, 6.07) is 13.2. The Balaban J connectivity index is 1.41. The number of hydrogen-bond donors (Lipinski definition) is 1. The van der Waals surface area contributed by atoms with Crippen molar-refractivity contribution in [3.63, 3.8) is 0 Å². The third-order valence-electron chi connectivity index (χ3n) is 5.46. The maximum atomic E-state index is 12.7. The number of carbonyl (C=O) groups is 2. The highest BCUT2D eigenvalue weighted by atomic mass is 35.5. The third kappa shape index (κ3) is 4.06. The van der Waals surface area contributed by atoms with Crippen molar-refractivity contribution in [3.8, 4) is 0 Å². The van der Waals surface area contributed by atoms with Gasteiger partial charge in [0.2, 0.25) is 5.91 Å². The molecule has 2 unspecified atom stereocenters. The molecule has 1 N–H and O–H groups in total. The van der Waals surface area contributed by atoms with Gasteiger partial charge in [0.15, 0.2) is 0 Å². The Labute approximate surface area is 174 Å². The molecule has 1 aliphatic carbocycles. The van der Waals surface area contributed by atoms with Crippen LogP contribution in [0.4, 0.5) is 5.69 Å². The zero-order valence-electron chi connectivity index (χ0n) is 15.8. The van der Waals surface area contributed by atoms with Crippen LogP contribution in [0.1, 0.15) is 33.8 Å². The summed E-state index contributed by atoms with van der Waals surface area (Å²) in [5.41, 5.74) is 3.39. The molecule has 4 nitrogen and oxygen atoms in total. The first kappa shape index (κ1) is 19.3. The molecule has 1 heterocycles. The van der Waals surface area contributed by atoms with Gasteiger partial charge in [-0.15, -0.1) is 0 Å². The Morgan fingerprint density at radius 3 is 2.61 bits per heavy atom. The molecule has 0 aromatic heterocycles. The minimum Gasteiger partial charge on any atom is -0.337 e. The molecule has 6 heteroatoms. The summed E-state index contributed by atoms with van der Waals surface area (Å²) < 4.78 is 0. The van der Waals surface area contributed by atoms with Crippen molar-refractivity contribution in [2.24, 2.45) is 5.92 Å². The monoisotopic (exact) mass is 414 g/mol. The van der Waals surface area contributed by atoms with Gasteiger partial charge in [0.1, 0.15) is 0 Å². The number of halogens is 1. The molecule has 2 aromatic carbocycles. The van der Waals surface area contributed by atoms with E-state index in [2.05, 4.69) is 5.32 Å². The van der Waals surface area contributed by atoms with Crippen molar-refractivity contribution in [2.45, 2.75) is 19.3 Å². The van der Waals surface area contributed by atoms with E-state index < -0.39 is 0 Å². The normalized spacial score (nSPS) is 21.3. The highest BCUT2D eigenvalue weighted by molar-refractivity contribution is 7.99. The van der Waals surface area contributed by atoms with E-state index in [1.54, 1.807) is 0 Å². The molecule has 2 aliphatic rings. The van der Waals surface area contributed by atoms with E-state index in [-0.39, 0.29) is 23.7 Å². The largest absolute Gasteiger partial charge is 0.337 e. The van der Waals surface area contributed by atoms with E-state index >= 15 is 0 Å². The smallest absolute Gasteiger partial charge is 0.253 e. The maximum absolute atomic E-state index is 12.7. The Hall–Kier alpha value is -1.98. The van der Waals surface area contributed by atoms with E-state index in [1.807, 2.05) is 66.1 Å². The van der Waals surface area contributed by atoms with Gasteiger partial charge in [-0.25, -0.2) is 0 Å². The number of aryl methyl sites for hydroxylation is 1. The van der Waals surface area contributed by atoms with E-state index in [4.69, 9.17) is 11.6 Å². The molecule has 2 amide bonds. The second-order valence-corrected chi connectivity index (χ2v) is 9.03. The number of hydrogen-bond acceptors (Lipinski definition) is 3. The molecule has 0 spiro atoms.